The van der Waals surface area contributed by atoms with Crippen LogP contribution in [0.4, 0.5) is 15.0 Å². The fourth-order valence-electron chi connectivity index (χ4n) is 3.51. The molecule has 1 aromatic heterocycles. The smallest absolute Gasteiger partial charge is 0.317 e. The normalized spacial score (nSPS) is 19.4. The van der Waals surface area contributed by atoms with Crippen LogP contribution in [0.2, 0.25) is 0 Å². The quantitative estimate of drug-likeness (QED) is 0.917. The molecule has 120 valence electrons. The molecule has 0 aliphatic carbocycles. The molecule has 0 atom stereocenters. The average molecular weight is 315 g/mol. The van der Waals surface area contributed by atoms with Crippen LogP contribution in [0, 0.1) is 5.82 Å². The molecular formula is C16H18FN5O. The van der Waals surface area contributed by atoms with Crippen LogP contribution in [-0.2, 0) is 0 Å². The van der Waals surface area contributed by atoms with Gasteiger partial charge in [-0.2, -0.15) is 0 Å². The molecular weight excluding hydrogens is 297 g/mol. The molecule has 1 N–H and O–H groups in total. The van der Waals surface area contributed by atoms with Crippen molar-refractivity contribution in [3.05, 3.63) is 30.3 Å². The number of anilines is 1. The number of nitrogens with zero attached hydrogens (tertiary/aromatic N) is 4. The first-order valence-corrected chi connectivity index (χ1v) is 7.92. The molecule has 3 heterocycles. The molecule has 6 nitrogen and oxygen atoms in total. The van der Waals surface area contributed by atoms with Gasteiger partial charge >= 0.3 is 6.03 Å². The zero-order valence-corrected chi connectivity index (χ0v) is 12.7. The lowest BCUT2D eigenvalue weighted by molar-refractivity contribution is 0.186. The van der Waals surface area contributed by atoms with Crippen molar-refractivity contribution in [1.82, 2.24) is 20.2 Å². The first kappa shape index (κ1) is 14.2. The lowest BCUT2D eigenvalue weighted by atomic mass is 10.0. The van der Waals surface area contributed by atoms with Gasteiger partial charge < -0.3 is 15.1 Å². The second-order valence-corrected chi connectivity index (χ2v) is 5.98. The monoisotopic (exact) mass is 315 g/mol. The molecule has 0 radical (unpaired) electrons. The summed E-state index contributed by atoms with van der Waals surface area (Å²) in [7, 11) is 0. The van der Waals surface area contributed by atoms with Crippen LogP contribution in [0.5, 0.6) is 0 Å². The molecule has 2 aromatic rings. The Morgan fingerprint density at radius 2 is 2.00 bits per heavy atom. The fraction of sp³-hybridized carbons (Fsp3) is 0.438. The number of para-hydroxylation sites is 1. The van der Waals surface area contributed by atoms with Gasteiger partial charge in [0.1, 0.15) is 23.5 Å². The maximum Gasteiger partial charge on any atom is 0.317 e. The maximum atomic E-state index is 13.9. The van der Waals surface area contributed by atoms with Crippen LogP contribution in [0.3, 0.4) is 0 Å². The topological polar surface area (TPSA) is 61.4 Å². The minimum atomic E-state index is -0.324. The van der Waals surface area contributed by atoms with Crippen molar-refractivity contribution < 1.29 is 9.18 Å². The third-order valence-corrected chi connectivity index (χ3v) is 4.69. The Hall–Kier alpha value is -2.44. The second kappa shape index (κ2) is 5.64. The highest BCUT2D eigenvalue weighted by Gasteiger charge is 2.31. The molecule has 1 aromatic carbocycles. The SMILES string of the molecule is O=C1NCCN1C1CCN(c2ncnc3c(F)cccc23)CC1. The van der Waals surface area contributed by atoms with Crippen LogP contribution in [0.15, 0.2) is 24.5 Å². The van der Waals surface area contributed by atoms with Crippen molar-refractivity contribution in [3.63, 3.8) is 0 Å². The molecule has 0 unspecified atom stereocenters. The number of urea groups is 1. The molecule has 2 fully saturated rings. The summed E-state index contributed by atoms with van der Waals surface area (Å²) < 4.78 is 13.9. The maximum absolute atomic E-state index is 13.9. The van der Waals surface area contributed by atoms with Gasteiger partial charge in [0.05, 0.1) is 0 Å². The lowest BCUT2D eigenvalue weighted by Gasteiger charge is -2.37. The van der Waals surface area contributed by atoms with E-state index >= 15 is 0 Å². The van der Waals surface area contributed by atoms with Gasteiger partial charge in [0.15, 0.2) is 0 Å². The number of nitrogens with one attached hydrogen (secondary N) is 1. The van der Waals surface area contributed by atoms with E-state index in [9.17, 15) is 9.18 Å². The number of fused-ring (bicyclic) bond motifs is 1. The molecule has 2 saturated heterocycles. The summed E-state index contributed by atoms with van der Waals surface area (Å²) in [5.74, 6) is 0.452. The van der Waals surface area contributed by atoms with Crippen LogP contribution >= 0.6 is 0 Å². The van der Waals surface area contributed by atoms with Crippen LogP contribution in [-0.4, -0.2) is 53.1 Å². The summed E-state index contributed by atoms with van der Waals surface area (Å²) in [5.41, 5.74) is 0.360. The number of benzene rings is 1. The molecule has 2 aliphatic heterocycles. The molecule has 2 aliphatic rings. The lowest BCUT2D eigenvalue weighted by Crippen LogP contribution is -2.46. The van der Waals surface area contributed by atoms with Crippen molar-refractivity contribution in [2.75, 3.05) is 31.1 Å². The number of rotatable bonds is 2. The number of carbonyl (C=O) groups excluding carboxylic acids is 1. The van der Waals surface area contributed by atoms with Gasteiger partial charge in [-0.25, -0.2) is 19.2 Å². The summed E-state index contributed by atoms with van der Waals surface area (Å²) in [6.07, 6.45) is 3.21. The minimum Gasteiger partial charge on any atom is -0.356 e. The molecule has 2 amide bonds. The molecule has 0 bridgehead atoms. The first-order chi connectivity index (χ1) is 11.2. The van der Waals surface area contributed by atoms with Gasteiger partial charge in [-0.3, -0.25) is 0 Å². The van der Waals surface area contributed by atoms with E-state index in [4.69, 9.17) is 0 Å². The molecule has 7 heteroatoms. The number of amides is 2. The van der Waals surface area contributed by atoms with Crippen LogP contribution < -0.4 is 10.2 Å². The number of piperidine rings is 1. The minimum absolute atomic E-state index is 0.0398. The number of hydrogen-bond donors (Lipinski definition) is 1. The van der Waals surface area contributed by atoms with Gasteiger partial charge in [-0.05, 0) is 25.0 Å². The Bertz CT molecular complexity index is 744. The van der Waals surface area contributed by atoms with E-state index in [1.807, 2.05) is 11.0 Å². The Morgan fingerprint density at radius 1 is 1.17 bits per heavy atom. The zero-order valence-electron chi connectivity index (χ0n) is 12.7. The number of carbonyl (C=O) groups is 1. The molecule has 0 spiro atoms. The van der Waals surface area contributed by atoms with E-state index in [0.717, 1.165) is 50.2 Å². The van der Waals surface area contributed by atoms with Gasteiger partial charge in [-0.15, -0.1) is 0 Å². The standard InChI is InChI=1S/C16H18FN5O/c17-13-3-1-2-12-14(13)19-10-20-15(12)21-7-4-11(5-8-21)22-9-6-18-16(22)23/h1-3,10-11H,4-9H2,(H,18,23). The Labute approximate surface area is 133 Å². The highest BCUT2D eigenvalue weighted by atomic mass is 19.1. The molecule has 4 rings (SSSR count). The predicted molar refractivity (Wildman–Crippen MR) is 84.8 cm³/mol. The van der Waals surface area contributed by atoms with E-state index in [1.54, 1.807) is 6.07 Å². The molecule has 23 heavy (non-hydrogen) atoms. The predicted octanol–water partition coefficient (Wildman–Crippen LogP) is 1.76. The third kappa shape index (κ3) is 2.46. The van der Waals surface area contributed by atoms with Gasteiger partial charge in [0.2, 0.25) is 0 Å². The Morgan fingerprint density at radius 3 is 2.74 bits per heavy atom. The second-order valence-electron chi connectivity index (χ2n) is 5.98. The summed E-state index contributed by atoms with van der Waals surface area (Å²) in [5, 5.41) is 3.59. The van der Waals surface area contributed by atoms with E-state index in [-0.39, 0.29) is 17.9 Å². The van der Waals surface area contributed by atoms with Crippen molar-refractivity contribution >= 4 is 22.8 Å². The third-order valence-electron chi connectivity index (χ3n) is 4.69. The number of halogens is 1. The van der Waals surface area contributed by atoms with Crippen LogP contribution in [0.25, 0.3) is 10.9 Å². The zero-order chi connectivity index (χ0) is 15.8. The van der Waals surface area contributed by atoms with Crippen molar-refractivity contribution in [2.45, 2.75) is 18.9 Å². The highest BCUT2D eigenvalue weighted by Crippen LogP contribution is 2.28. The van der Waals surface area contributed by atoms with Gasteiger partial charge in [0.25, 0.3) is 0 Å². The van der Waals surface area contributed by atoms with Crippen molar-refractivity contribution in [2.24, 2.45) is 0 Å². The fourth-order valence-corrected chi connectivity index (χ4v) is 3.51. The van der Waals surface area contributed by atoms with Crippen molar-refractivity contribution in [3.8, 4) is 0 Å². The van der Waals surface area contributed by atoms with E-state index < -0.39 is 0 Å². The van der Waals surface area contributed by atoms with E-state index in [0.29, 0.717) is 5.52 Å². The van der Waals surface area contributed by atoms with Crippen molar-refractivity contribution in [1.29, 1.82) is 0 Å². The highest BCUT2D eigenvalue weighted by molar-refractivity contribution is 5.89. The summed E-state index contributed by atoms with van der Waals surface area (Å²) >= 11 is 0. The summed E-state index contributed by atoms with van der Waals surface area (Å²) in [6.45, 7) is 3.12. The Kier molecular flexibility index (Phi) is 3.48. The molecule has 0 saturated carbocycles. The van der Waals surface area contributed by atoms with E-state index in [1.165, 1.54) is 12.4 Å². The van der Waals surface area contributed by atoms with Crippen LogP contribution in [0.1, 0.15) is 12.8 Å². The van der Waals surface area contributed by atoms with Gasteiger partial charge in [-0.1, -0.05) is 6.07 Å². The average Bonchev–Trinajstić information content (AvgIpc) is 3.01. The Balaban J connectivity index is 1.55. The largest absolute Gasteiger partial charge is 0.356 e. The first-order valence-electron chi connectivity index (χ1n) is 7.92. The summed E-state index contributed by atoms with van der Waals surface area (Å²) in [6, 6.07) is 5.27. The summed E-state index contributed by atoms with van der Waals surface area (Å²) in [4.78, 5) is 24.3. The number of aromatic nitrogens is 2. The number of hydrogen-bond acceptors (Lipinski definition) is 4. The van der Waals surface area contributed by atoms with E-state index in [2.05, 4.69) is 20.2 Å². The van der Waals surface area contributed by atoms with Gasteiger partial charge in [0, 0.05) is 37.6 Å².